The van der Waals surface area contributed by atoms with Crippen LogP contribution in [0.3, 0.4) is 0 Å². The number of ether oxygens (including phenoxy) is 2. The molecule has 0 spiro atoms. The maximum absolute atomic E-state index is 12.1. The van der Waals surface area contributed by atoms with Gasteiger partial charge in [0.15, 0.2) is 0 Å². The van der Waals surface area contributed by atoms with Crippen molar-refractivity contribution in [3.05, 3.63) is 40.2 Å². The molecule has 9 nitrogen and oxygen atoms in total. The van der Waals surface area contributed by atoms with Gasteiger partial charge in [-0.3, -0.25) is 4.79 Å². The van der Waals surface area contributed by atoms with Crippen molar-refractivity contribution in [1.29, 1.82) is 0 Å². The van der Waals surface area contributed by atoms with Gasteiger partial charge < -0.3 is 33.2 Å². The van der Waals surface area contributed by atoms with Gasteiger partial charge in [-0.1, -0.05) is 41.5 Å². The van der Waals surface area contributed by atoms with Crippen molar-refractivity contribution in [1.82, 2.24) is 5.32 Å². The van der Waals surface area contributed by atoms with Gasteiger partial charge in [0.1, 0.15) is 35.7 Å². The standard InChI is InChI=1S/C26H37NO8Si/c1-14-11-20(29)33-18-12-16(9-10-17(14)18)32-24-21(27-15(2)28)22(30)23-19(34-24)13-31-36(35-23,25(3,4)5)26(6,7)8/h9-12,19,21-24,30H,13H2,1-8H3,(H,27,28)/t19-,21-,22-,23-,24-/m1/s1. The Hall–Kier alpha value is -2.24. The maximum Gasteiger partial charge on any atom is 0.349 e. The fourth-order valence-corrected chi connectivity index (χ4v) is 10.5. The molecule has 2 aliphatic rings. The van der Waals surface area contributed by atoms with Gasteiger partial charge >= 0.3 is 14.2 Å². The highest BCUT2D eigenvalue weighted by Crippen LogP contribution is 2.55. The second-order valence-corrected chi connectivity index (χ2v) is 16.6. The van der Waals surface area contributed by atoms with Crippen LogP contribution in [0.4, 0.5) is 0 Å². The van der Waals surface area contributed by atoms with Gasteiger partial charge in [0.25, 0.3) is 0 Å². The van der Waals surface area contributed by atoms with Gasteiger partial charge in [-0.15, -0.1) is 0 Å². The molecule has 198 valence electrons. The largest absolute Gasteiger partial charge is 0.462 e. The molecule has 0 aliphatic carbocycles. The Morgan fingerprint density at radius 1 is 1.14 bits per heavy atom. The van der Waals surface area contributed by atoms with Crippen molar-refractivity contribution in [2.45, 2.75) is 96.1 Å². The van der Waals surface area contributed by atoms with Gasteiger partial charge in [0.05, 0.1) is 6.61 Å². The minimum absolute atomic E-state index is 0.237. The first-order valence-corrected chi connectivity index (χ1v) is 14.1. The molecule has 2 N–H and O–H groups in total. The number of benzene rings is 1. The molecule has 2 saturated heterocycles. The zero-order chi connectivity index (χ0) is 26.6. The second-order valence-electron chi connectivity index (χ2n) is 11.8. The summed E-state index contributed by atoms with van der Waals surface area (Å²) in [5, 5.41) is 14.5. The highest BCUT2D eigenvalue weighted by Gasteiger charge is 2.64. The third-order valence-corrected chi connectivity index (χ3v) is 12.1. The number of carbonyl (C=O) groups excluding carboxylic acids is 1. The van der Waals surface area contributed by atoms with E-state index in [1.807, 2.05) is 6.92 Å². The molecule has 10 heteroatoms. The van der Waals surface area contributed by atoms with Crippen LogP contribution in [-0.4, -0.2) is 56.8 Å². The van der Waals surface area contributed by atoms with E-state index in [0.29, 0.717) is 11.3 Å². The third kappa shape index (κ3) is 4.72. The molecule has 0 unspecified atom stereocenters. The SMILES string of the molecule is CC(=O)N[C@H]1[C@H](Oc2ccc3c(C)cc(=O)oc3c2)O[C@@H]2CO[Si](C(C)(C)C)(C(C)(C)C)O[C@H]2[C@@H]1O. The summed E-state index contributed by atoms with van der Waals surface area (Å²) >= 11 is 0. The van der Waals surface area contributed by atoms with E-state index in [0.717, 1.165) is 10.9 Å². The zero-order valence-electron chi connectivity index (χ0n) is 22.2. The lowest BCUT2D eigenvalue weighted by Gasteiger charge is -2.57. The van der Waals surface area contributed by atoms with E-state index in [-0.39, 0.29) is 22.6 Å². The van der Waals surface area contributed by atoms with E-state index < -0.39 is 44.8 Å². The molecular formula is C26H37NO8Si. The van der Waals surface area contributed by atoms with Gasteiger partial charge in [-0.25, -0.2) is 4.79 Å². The number of rotatable bonds is 3. The van der Waals surface area contributed by atoms with Crippen LogP contribution in [0.15, 0.2) is 33.5 Å². The molecule has 0 radical (unpaired) electrons. The summed E-state index contributed by atoms with van der Waals surface area (Å²) in [7, 11) is -2.88. The number of fused-ring (bicyclic) bond motifs is 2. The molecular weight excluding hydrogens is 482 g/mol. The van der Waals surface area contributed by atoms with Gasteiger partial charge in [-0.2, -0.15) is 0 Å². The Kier molecular flexibility index (Phi) is 6.89. The highest BCUT2D eigenvalue weighted by atomic mass is 28.4. The Morgan fingerprint density at radius 3 is 2.42 bits per heavy atom. The summed E-state index contributed by atoms with van der Waals surface area (Å²) in [4.78, 5) is 23.9. The predicted molar refractivity (Wildman–Crippen MR) is 136 cm³/mol. The molecule has 2 aromatic rings. The fraction of sp³-hybridized carbons (Fsp3) is 0.615. The van der Waals surface area contributed by atoms with E-state index in [2.05, 4.69) is 46.9 Å². The van der Waals surface area contributed by atoms with Crippen molar-refractivity contribution in [3.8, 4) is 5.75 Å². The van der Waals surface area contributed by atoms with Crippen LogP contribution in [0.1, 0.15) is 54.0 Å². The minimum Gasteiger partial charge on any atom is -0.462 e. The Bertz CT molecular complexity index is 1180. The smallest absolute Gasteiger partial charge is 0.349 e. The van der Waals surface area contributed by atoms with E-state index in [4.69, 9.17) is 22.7 Å². The average molecular weight is 520 g/mol. The topological polar surface area (TPSA) is 116 Å². The zero-order valence-corrected chi connectivity index (χ0v) is 23.2. The van der Waals surface area contributed by atoms with Crippen LogP contribution >= 0.6 is 0 Å². The molecule has 0 bridgehead atoms. The molecule has 0 saturated carbocycles. The normalized spacial score (nSPS) is 28.4. The Balaban J connectivity index is 1.65. The number of hydrogen-bond acceptors (Lipinski definition) is 8. The number of aliphatic hydroxyl groups is 1. The highest BCUT2D eigenvalue weighted by molar-refractivity contribution is 6.73. The van der Waals surface area contributed by atoms with Crippen LogP contribution in [0.25, 0.3) is 11.0 Å². The number of nitrogens with one attached hydrogen (secondary N) is 1. The quantitative estimate of drug-likeness (QED) is 0.467. The van der Waals surface area contributed by atoms with E-state index >= 15 is 0 Å². The van der Waals surface area contributed by atoms with E-state index in [1.165, 1.54) is 13.0 Å². The summed E-state index contributed by atoms with van der Waals surface area (Å²) in [6.07, 6.45) is -3.41. The van der Waals surface area contributed by atoms with E-state index in [9.17, 15) is 14.7 Å². The summed E-state index contributed by atoms with van der Waals surface area (Å²) in [6, 6.07) is 5.65. The monoisotopic (exact) mass is 519 g/mol. The number of amides is 1. The van der Waals surface area contributed by atoms with Crippen molar-refractivity contribution in [3.63, 3.8) is 0 Å². The number of hydrogen-bond donors (Lipinski definition) is 2. The first-order valence-electron chi connectivity index (χ1n) is 12.3. The van der Waals surface area contributed by atoms with Gasteiger partial charge in [0, 0.05) is 34.5 Å². The summed E-state index contributed by atoms with van der Waals surface area (Å²) in [5.74, 6) is 0.0325. The van der Waals surface area contributed by atoms with Crippen molar-refractivity contribution < 1.29 is 32.6 Å². The minimum atomic E-state index is -2.88. The molecule has 1 aromatic carbocycles. The molecule has 2 fully saturated rings. The lowest BCUT2D eigenvalue weighted by atomic mass is 9.97. The molecule has 5 atom stereocenters. The fourth-order valence-electron chi connectivity index (χ4n) is 5.54. The van der Waals surface area contributed by atoms with Crippen LogP contribution in [0, 0.1) is 6.92 Å². The first kappa shape index (κ1) is 26.8. The number of aryl methyl sites for hydroxylation is 1. The molecule has 1 amide bonds. The third-order valence-electron chi connectivity index (χ3n) is 6.95. The molecule has 1 aromatic heterocycles. The maximum atomic E-state index is 12.1. The number of carbonyl (C=O) groups is 1. The van der Waals surface area contributed by atoms with Crippen LogP contribution in [0.5, 0.6) is 5.75 Å². The van der Waals surface area contributed by atoms with Crippen molar-refractivity contribution >= 4 is 25.4 Å². The molecule has 3 heterocycles. The first-order chi connectivity index (χ1) is 16.6. The lowest BCUT2D eigenvalue weighted by molar-refractivity contribution is -0.257. The van der Waals surface area contributed by atoms with Crippen LogP contribution < -0.4 is 15.7 Å². The van der Waals surface area contributed by atoms with Gasteiger partial charge in [0.2, 0.25) is 12.2 Å². The van der Waals surface area contributed by atoms with Crippen LogP contribution in [-0.2, 0) is 18.4 Å². The Morgan fingerprint density at radius 2 is 1.81 bits per heavy atom. The summed E-state index contributed by atoms with van der Waals surface area (Å²) in [5.41, 5.74) is 0.707. The van der Waals surface area contributed by atoms with Gasteiger partial charge in [-0.05, 0) is 24.6 Å². The molecule has 36 heavy (non-hydrogen) atoms. The average Bonchev–Trinajstić information content (AvgIpc) is 2.74. The number of aliphatic hydroxyl groups excluding tert-OH is 1. The summed E-state index contributed by atoms with van der Waals surface area (Å²) < 4.78 is 30.9. The van der Waals surface area contributed by atoms with Crippen LogP contribution in [0.2, 0.25) is 10.1 Å². The second kappa shape index (κ2) is 9.25. The predicted octanol–water partition coefficient (Wildman–Crippen LogP) is 3.53. The molecule has 4 rings (SSSR count). The van der Waals surface area contributed by atoms with Crippen molar-refractivity contribution in [2.24, 2.45) is 0 Å². The lowest BCUT2D eigenvalue weighted by Crippen LogP contribution is -2.73. The Labute approximate surface area is 212 Å². The van der Waals surface area contributed by atoms with Crippen molar-refractivity contribution in [2.75, 3.05) is 6.61 Å². The molecule has 2 aliphatic heterocycles. The summed E-state index contributed by atoms with van der Waals surface area (Å²) in [6.45, 7) is 16.0. The van der Waals surface area contributed by atoms with E-state index in [1.54, 1.807) is 18.2 Å².